The van der Waals surface area contributed by atoms with Gasteiger partial charge in [0, 0.05) is 6.08 Å². The second-order valence-corrected chi connectivity index (χ2v) is 3.50. The highest BCUT2D eigenvalue weighted by molar-refractivity contribution is 5.79. The maximum Gasteiger partial charge on any atom is 0.328 e. The number of rotatable bonds is 2. The third-order valence-corrected chi connectivity index (χ3v) is 2.40. The zero-order valence-electron chi connectivity index (χ0n) is 8.22. The zero-order valence-corrected chi connectivity index (χ0v) is 8.22. The van der Waals surface area contributed by atoms with Crippen molar-refractivity contribution in [3.8, 4) is 5.75 Å². The number of aliphatic carboxylic acids is 1. The van der Waals surface area contributed by atoms with E-state index < -0.39 is 5.97 Å². The molecule has 15 heavy (non-hydrogen) atoms. The van der Waals surface area contributed by atoms with Gasteiger partial charge in [0.1, 0.15) is 11.9 Å². The summed E-state index contributed by atoms with van der Waals surface area (Å²) in [6, 6.07) is 7.85. The second kappa shape index (κ2) is 4.17. The van der Waals surface area contributed by atoms with Crippen LogP contribution in [0.2, 0.25) is 0 Å². The molecule has 3 heteroatoms. The van der Waals surface area contributed by atoms with E-state index in [-0.39, 0.29) is 6.10 Å². The van der Waals surface area contributed by atoms with Crippen LogP contribution in [0.5, 0.6) is 5.75 Å². The Morgan fingerprint density at radius 3 is 3.07 bits per heavy atom. The first kappa shape index (κ1) is 9.77. The number of hydrogen-bond donors (Lipinski definition) is 1. The van der Waals surface area contributed by atoms with Gasteiger partial charge in [-0.05, 0) is 30.5 Å². The van der Waals surface area contributed by atoms with Crippen molar-refractivity contribution in [2.45, 2.75) is 18.9 Å². The topological polar surface area (TPSA) is 46.5 Å². The number of fused-ring (bicyclic) bond motifs is 1. The zero-order chi connectivity index (χ0) is 10.7. The number of carboxylic acid groups (broad SMARTS) is 1. The van der Waals surface area contributed by atoms with E-state index in [4.69, 9.17) is 9.84 Å². The first-order valence-electron chi connectivity index (χ1n) is 4.91. The number of carboxylic acids is 1. The van der Waals surface area contributed by atoms with Crippen molar-refractivity contribution in [3.05, 3.63) is 42.0 Å². The Labute approximate surface area is 88.0 Å². The molecule has 0 spiro atoms. The predicted molar refractivity (Wildman–Crippen MR) is 56.0 cm³/mol. The van der Waals surface area contributed by atoms with Gasteiger partial charge in [-0.25, -0.2) is 4.79 Å². The summed E-state index contributed by atoms with van der Waals surface area (Å²) in [6.07, 6.45) is 4.39. The summed E-state index contributed by atoms with van der Waals surface area (Å²) in [4.78, 5) is 10.3. The third-order valence-electron chi connectivity index (χ3n) is 2.40. The fourth-order valence-electron chi connectivity index (χ4n) is 1.67. The maximum atomic E-state index is 10.3. The SMILES string of the molecule is O=C(O)C=CC1CCc2ccccc2O1. The van der Waals surface area contributed by atoms with Gasteiger partial charge in [-0.3, -0.25) is 0 Å². The van der Waals surface area contributed by atoms with Gasteiger partial charge in [-0.15, -0.1) is 0 Å². The molecule has 0 amide bonds. The van der Waals surface area contributed by atoms with Crippen LogP contribution in [0.4, 0.5) is 0 Å². The number of benzene rings is 1. The summed E-state index contributed by atoms with van der Waals surface area (Å²) in [6.45, 7) is 0. The monoisotopic (exact) mass is 204 g/mol. The molecule has 1 aliphatic heterocycles. The van der Waals surface area contributed by atoms with Gasteiger partial charge in [-0.2, -0.15) is 0 Å². The second-order valence-electron chi connectivity index (χ2n) is 3.50. The van der Waals surface area contributed by atoms with Crippen LogP contribution in [0.25, 0.3) is 0 Å². The fourth-order valence-corrected chi connectivity index (χ4v) is 1.67. The Kier molecular flexibility index (Phi) is 2.72. The van der Waals surface area contributed by atoms with Crippen LogP contribution >= 0.6 is 0 Å². The molecule has 1 aliphatic rings. The third kappa shape index (κ3) is 2.37. The first-order valence-corrected chi connectivity index (χ1v) is 4.91. The maximum absolute atomic E-state index is 10.3. The lowest BCUT2D eigenvalue weighted by Gasteiger charge is -2.23. The van der Waals surface area contributed by atoms with Gasteiger partial charge in [-0.1, -0.05) is 18.2 Å². The van der Waals surface area contributed by atoms with Crippen molar-refractivity contribution in [2.75, 3.05) is 0 Å². The van der Waals surface area contributed by atoms with Gasteiger partial charge >= 0.3 is 5.97 Å². The Hall–Kier alpha value is -1.77. The van der Waals surface area contributed by atoms with E-state index in [9.17, 15) is 4.79 Å². The highest BCUT2D eigenvalue weighted by atomic mass is 16.5. The van der Waals surface area contributed by atoms with E-state index in [1.165, 1.54) is 5.56 Å². The molecule has 1 unspecified atom stereocenters. The summed E-state index contributed by atoms with van der Waals surface area (Å²) >= 11 is 0. The minimum Gasteiger partial charge on any atom is -0.486 e. The van der Waals surface area contributed by atoms with E-state index in [2.05, 4.69) is 0 Å². The van der Waals surface area contributed by atoms with Crippen LogP contribution < -0.4 is 4.74 Å². The van der Waals surface area contributed by atoms with Crippen LogP contribution in [-0.4, -0.2) is 17.2 Å². The van der Waals surface area contributed by atoms with Crippen LogP contribution in [0, 0.1) is 0 Å². The van der Waals surface area contributed by atoms with Gasteiger partial charge in [0.15, 0.2) is 0 Å². The molecule has 0 bridgehead atoms. The number of aryl methyl sites for hydroxylation is 1. The van der Waals surface area contributed by atoms with Crippen LogP contribution in [-0.2, 0) is 11.2 Å². The molecular weight excluding hydrogens is 192 g/mol. The number of ether oxygens (including phenoxy) is 1. The fraction of sp³-hybridized carbons (Fsp3) is 0.250. The van der Waals surface area contributed by atoms with Crippen LogP contribution in [0.1, 0.15) is 12.0 Å². The number of para-hydroxylation sites is 1. The van der Waals surface area contributed by atoms with Gasteiger partial charge in [0.25, 0.3) is 0 Å². The Balaban J connectivity index is 2.09. The summed E-state index contributed by atoms with van der Waals surface area (Å²) in [7, 11) is 0. The molecular formula is C12H12O3. The molecule has 1 heterocycles. The van der Waals surface area contributed by atoms with Crippen molar-refractivity contribution in [1.29, 1.82) is 0 Å². The predicted octanol–water partition coefficient (Wildman–Crippen LogP) is 2.02. The standard InChI is InChI=1S/C12H12O3/c13-12(14)8-7-10-6-5-9-3-1-2-4-11(9)15-10/h1-4,7-8,10H,5-6H2,(H,13,14). The molecule has 1 atom stereocenters. The number of carbonyl (C=O) groups is 1. The van der Waals surface area contributed by atoms with Crippen molar-refractivity contribution in [3.63, 3.8) is 0 Å². The Morgan fingerprint density at radius 2 is 2.27 bits per heavy atom. The molecule has 2 rings (SSSR count). The van der Waals surface area contributed by atoms with Crippen LogP contribution in [0.3, 0.4) is 0 Å². The highest BCUT2D eigenvalue weighted by Crippen LogP contribution is 2.27. The lowest BCUT2D eigenvalue weighted by atomic mass is 10.0. The average Bonchev–Trinajstić information content (AvgIpc) is 2.26. The molecule has 0 aliphatic carbocycles. The average molecular weight is 204 g/mol. The molecule has 0 radical (unpaired) electrons. The molecule has 0 saturated heterocycles. The molecule has 1 aromatic rings. The molecule has 0 fully saturated rings. The molecule has 1 N–H and O–H groups in total. The normalized spacial score (nSPS) is 19.6. The number of hydrogen-bond acceptors (Lipinski definition) is 2. The van der Waals surface area contributed by atoms with Crippen molar-refractivity contribution >= 4 is 5.97 Å². The summed E-state index contributed by atoms with van der Waals surface area (Å²) in [5.74, 6) is -0.0683. The van der Waals surface area contributed by atoms with Gasteiger partial charge < -0.3 is 9.84 Å². The van der Waals surface area contributed by atoms with Gasteiger partial charge in [0.2, 0.25) is 0 Å². The van der Waals surface area contributed by atoms with Crippen LogP contribution in [0.15, 0.2) is 36.4 Å². The molecule has 3 nitrogen and oxygen atoms in total. The Morgan fingerprint density at radius 1 is 1.47 bits per heavy atom. The van der Waals surface area contributed by atoms with Crippen molar-refractivity contribution < 1.29 is 14.6 Å². The smallest absolute Gasteiger partial charge is 0.328 e. The van der Waals surface area contributed by atoms with Gasteiger partial charge in [0.05, 0.1) is 0 Å². The first-order chi connectivity index (χ1) is 7.25. The molecule has 0 saturated carbocycles. The van der Waals surface area contributed by atoms with E-state index in [1.54, 1.807) is 6.08 Å². The minimum atomic E-state index is -0.933. The van der Waals surface area contributed by atoms with Crippen molar-refractivity contribution in [2.24, 2.45) is 0 Å². The summed E-state index contributed by atoms with van der Waals surface area (Å²) < 4.78 is 5.63. The van der Waals surface area contributed by atoms with E-state index in [0.717, 1.165) is 24.7 Å². The van der Waals surface area contributed by atoms with Crippen molar-refractivity contribution in [1.82, 2.24) is 0 Å². The minimum absolute atomic E-state index is 0.115. The lowest BCUT2D eigenvalue weighted by molar-refractivity contribution is -0.131. The largest absolute Gasteiger partial charge is 0.486 e. The Bertz CT molecular complexity index is 396. The van der Waals surface area contributed by atoms with E-state index >= 15 is 0 Å². The summed E-state index contributed by atoms with van der Waals surface area (Å²) in [5.41, 5.74) is 1.19. The van der Waals surface area contributed by atoms with E-state index in [1.807, 2.05) is 24.3 Å². The highest BCUT2D eigenvalue weighted by Gasteiger charge is 2.16. The summed E-state index contributed by atoms with van der Waals surface area (Å²) in [5, 5.41) is 8.50. The molecule has 0 aromatic heterocycles. The quantitative estimate of drug-likeness (QED) is 0.750. The molecule has 78 valence electrons. The molecule has 1 aromatic carbocycles. The van der Waals surface area contributed by atoms with E-state index in [0.29, 0.717) is 0 Å². The lowest BCUT2D eigenvalue weighted by Crippen LogP contribution is -2.20.